The minimum Gasteiger partial charge on any atom is -0.299 e. The Labute approximate surface area is 191 Å². The molecule has 0 bridgehead atoms. The van der Waals surface area contributed by atoms with Gasteiger partial charge < -0.3 is 0 Å². The first-order chi connectivity index (χ1) is 14.8. The van der Waals surface area contributed by atoms with Crippen molar-refractivity contribution >= 4 is 23.3 Å². The number of nitrogens with zero attached hydrogens (tertiary/aromatic N) is 1. The number of aromatic nitrogens is 1. The molecule has 3 nitrogen and oxygen atoms in total. The number of thioether (sulfide) groups is 1. The van der Waals surface area contributed by atoms with Gasteiger partial charge in [-0.3, -0.25) is 9.59 Å². The molecule has 1 heterocycles. The molecular weight excluding hydrogens is 435 g/mol. The van der Waals surface area contributed by atoms with Gasteiger partial charge in [-0.15, -0.1) is 11.8 Å². The number of alkyl halides is 3. The predicted molar refractivity (Wildman–Crippen MR) is 120 cm³/mol. The van der Waals surface area contributed by atoms with Crippen LogP contribution in [0.1, 0.15) is 60.4 Å². The van der Waals surface area contributed by atoms with E-state index in [4.69, 9.17) is 0 Å². The Kier molecular flexibility index (Phi) is 6.89. The topological polar surface area (TPSA) is 47.0 Å². The molecule has 1 aliphatic carbocycles. The number of ketones is 2. The summed E-state index contributed by atoms with van der Waals surface area (Å²) in [5.41, 5.74) is 2.74. The molecule has 7 heteroatoms. The van der Waals surface area contributed by atoms with Crippen LogP contribution < -0.4 is 0 Å². The van der Waals surface area contributed by atoms with E-state index in [1.165, 1.54) is 17.8 Å². The summed E-state index contributed by atoms with van der Waals surface area (Å²) in [6.45, 7) is 9.88. The molecule has 0 N–H and O–H groups in total. The third kappa shape index (κ3) is 5.25. The number of aryl methyl sites for hydroxylation is 3. The second kappa shape index (κ2) is 9.00. The summed E-state index contributed by atoms with van der Waals surface area (Å²) in [6, 6.07) is 6.39. The lowest BCUT2D eigenvalue weighted by Crippen LogP contribution is -2.39. The van der Waals surface area contributed by atoms with Gasteiger partial charge in [0.2, 0.25) is 0 Å². The van der Waals surface area contributed by atoms with Crippen molar-refractivity contribution in [3.63, 3.8) is 0 Å². The SMILES string of the molecule is Cc1cc(C)c(C2C(=O)CC(C(C)(C)CSc3ccc(C(F)(F)F)cn3)CC2=O)c(C)c1. The van der Waals surface area contributed by atoms with Crippen LogP contribution in [-0.2, 0) is 15.8 Å². The zero-order chi connectivity index (χ0) is 23.8. The van der Waals surface area contributed by atoms with E-state index in [9.17, 15) is 22.8 Å². The summed E-state index contributed by atoms with van der Waals surface area (Å²) < 4.78 is 38.2. The number of rotatable bonds is 5. The number of carbonyl (C=O) groups is 2. The number of carbonyl (C=O) groups excluding carboxylic acids is 2. The van der Waals surface area contributed by atoms with Crippen LogP contribution >= 0.6 is 11.8 Å². The zero-order valence-electron chi connectivity index (χ0n) is 19.0. The van der Waals surface area contributed by atoms with E-state index in [2.05, 4.69) is 4.98 Å². The van der Waals surface area contributed by atoms with Crippen LogP contribution in [0.4, 0.5) is 13.2 Å². The Balaban J connectivity index is 1.70. The van der Waals surface area contributed by atoms with Gasteiger partial charge in [0.15, 0.2) is 0 Å². The number of benzene rings is 1. The maximum absolute atomic E-state index is 13.1. The van der Waals surface area contributed by atoms with E-state index < -0.39 is 17.7 Å². The molecule has 172 valence electrons. The summed E-state index contributed by atoms with van der Waals surface area (Å²) in [5.74, 6) is -0.373. The molecule has 0 unspecified atom stereocenters. The minimum atomic E-state index is -4.41. The largest absolute Gasteiger partial charge is 0.417 e. The van der Waals surface area contributed by atoms with E-state index in [1.54, 1.807) is 0 Å². The van der Waals surface area contributed by atoms with Crippen molar-refractivity contribution in [1.29, 1.82) is 0 Å². The Morgan fingerprint density at radius 2 is 1.56 bits per heavy atom. The molecule has 1 aliphatic rings. The molecule has 1 aromatic carbocycles. The second-order valence-electron chi connectivity index (χ2n) is 9.44. The highest BCUT2D eigenvalue weighted by Gasteiger charge is 2.43. The molecular formula is C25H28F3NO2S. The van der Waals surface area contributed by atoms with Gasteiger partial charge in [-0.1, -0.05) is 31.5 Å². The maximum atomic E-state index is 13.1. The van der Waals surface area contributed by atoms with Crippen molar-refractivity contribution < 1.29 is 22.8 Å². The molecule has 0 saturated heterocycles. The van der Waals surface area contributed by atoms with Crippen molar-refractivity contribution in [3.8, 4) is 0 Å². The van der Waals surface area contributed by atoms with Gasteiger partial charge in [0.05, 0.1) is 10.6 Å². The first-order valence-electron chi connectivity index (χ1n) is 10.6. The van der Waals surface area contributed by atoms with Crippen molar-refractivity contribution in [2.24, 2.45) is 11.3 Å². The average molecular weight is 464 g/mol. The fourth-order valence-corrected chi connectivity index (χ4v) is 5.55. The molecule has 1 fully saturated rings. The fourth-order valence-electron chi connectivity index (χ4n) is 4.51. The van der Waals surface area contributed by atoms with Gasteiger partial charge in [-0.2, -0.15) is 13.2 Å². The summed E-state index contributed by atoms with van der Waals surface area (Å²) in [6.07, 6.45) is -2.95. The standard InChI is InChI=1S/C25H28F3NO2S/c1-14-8-15(2)22(16(3)9-14)23-19(30)10-18(11-20(23)31)24(4,5)13-32-21-7-6-17(12-29-21)25(26,27)28/h6-9,12,18,23H,10-11,13H2,1-5H3. The summed E-state index contributed by atoms with van der Waals surface area (Å²) in [7, 11) is 0. The monoisotopic (exact) mass is 463 g/mol. The molecule has 1 saturated carbocycles. The number of hydrogen-bond donors (Lipinski definition) is 0. The number of halogens is 3. The van der Waals surface area contributed by atoms with Gasteiger partial charge >= 0.3 is 6.18 Å². The molecule has 32 heavy (non-hydrogen) atoms. The van der Waals surface area contributed by atoms with Gasteiger partial charge in [0, 0.05) is 24.8 Å². The summed E-state index contributed by atoms with van der Waals surface area (Å²) >= 11 is 1.35. The molecule has 1 aromatic heterocycles. The van der Waals surface area contributed by atoms with Crippen LogP contribution in [0.5, 0.6) is 0 Å². The summed E-state index contributed by atoms with van der Waals surface area (Å²) in [4.78, 5) is 30.1. The summed E-state index contributed by atoms with van der Waals surface area (Å²) in [5, 5.41) is 0.489. The highest BCUT2D eigenvalue weighted by atomic mass is 32.2. The third-order valence-electron chi connectivity index (χ3n) is 6.33. The van der Waals surface area contributed by atoms with E-state index in [0.29, 0.717) is 23.6 Å². The van der Waals surface area contributed by atoms with Gasteiger partial charge in [0.25, 0.3) is 0 Å². The second-order valence-corrected chi connectivity index (χ2v) is 10.4. The van der Waals surface area contributed by atoms with E-state index in [1.807, 2.05) is 46.8 Å². The lowest BCUT2D eigenvalue weighted by molar-refractivity contribution is -0.138. The number of Topliss-reactive ketones (excluding diaryl/α,β-unsaturated/α-hetero) is 2. The number of pyridine rings is 1. The number of hydrogen-bond acceptors (Lipinski definition) is 4. The van der Waals surface area contributed by atoms with Crippen molar-refractivity contribution in [2.75, 3.05) is 5.75 Å². The van der Waals surface area contributed by atoms with Crippen LogP contribution in [0, 0.1) is 32.1 Å². The van der Waals surface area contributed by atoms with Crippen molar-refractivity contribution in [1.82, 2.24) is 4.98 Å². The van der Waals surface area contributed by atoms with Gasteiger partial charge in [-0.25, -0.2) is 4.98 Å². The quantitative estimate of drug-likeness (QED) is 0.376. The van der Waals surface area contributed by atoms with Crippen molar-refractivity contribution in [3.05, 3.63) is 58.3 Å². The van der Waals surface area contributed by atoms with Crippen LogP contribution in [-0.4, -0.2) is 22.3 Å². The van der Waals surface area contributed by atoms with E-state index in [0.717, 1.165) is 34.5 Å². The zero-order valence-corrected chi connectivity index (χ0v) is 19.8. The Morgan fingerprint density at radius 3 is 2.03 bits per heavy atom. The van der Waals surface area contributed by atoms with Crippen LogP contribution in [0.15, 0.2) is 35.5 Å². The minimum absolute atomic E-state index is 0.0490. The first kappa shape index (κ1) is 24.5. The highest BCUT2D eigenvalue weighted by Crippen LogP contribution is 2.44. The van der Waals surface area contributed by atoms with Gasteiger partial charge in [-0.05, 0) is 60.9 Å². The van der Waals surface area contributed by atoms with Crippen LogP contribution in [0.2, 0.25) is 0 Å². The first-order valence-corrected chi connectivity index (χ1v) is 11.6. The smallest absolute Gasteiger partial charge is 0.299 e. The van der Waals surface area contributed by atoms with E-state index in [-0.39, 0.29) is 22.9 Å². The Morgan fingerprint density at radius 1 is 1.00 bits per heavy atom. The Bertz CT molecular complexity index is 987. The lowest BCUT2D eigenvalue weighted by atomic mass is 9.66. The van der Waals surface area contributed by atoms with Crippen LogP contribution in [0.25, 0.3) is 0 Å². The highest BCUT2D eigenvalue weighted by molar-refractivity contribution is 7.99. The molecule has 2 aromatic rings. The maximum Gasteiger partial charge on any atom is 0.417 e. The van der Waals surface area contributed by atoms with Crippen LogP contribution in [0.3, 0.4) is 0 Å². The third-order valence-corrected chi connectivity index (χ3v) is 7.75. The molecule has 0 amide bonds. The lowest BCUT2D eigenvalue weighted by Gasteiger charge is -2.38. The molecule has 0 aliphatic heterocycles. The predicted octanol–water partition coefficient (Wildman–Crippen LogP) is 6.48. The molecule has 0 spiro atoms. The molecule has 3 rings (SSSR count). The van der Waals surface area contributed by atoms with Gasteiger partial charge in [0.1, 0.15) is 17.5 Å². The Hall–Kier alpha value is -2.15. The average Bonchev–Trinajstić information content (AvgIpc) is 2.67. The van der Waals surface area contributed by atoms with Crippen molar-refractivity contribution in [2.45, 2.75) is 64.6 Å². The molecule has 0 atom stereocenters. The normalized spacial score (nSPS) is 20.0. The fraction of sp³-hybridized carbons (Fsp3) is 0.480. The van der Waals surface area contributed by atoms with E-state index >= 15 is 0 Å². The molecule has 0 radical (unpaired) electrons.